The van der Waals surface area contributed by atoms with E-state index in [0.717, 1.165) is 0 Å². The third kappa shape index (κ3) is 2.15. The molecule has 6 heteroatoms. The van der Waals surface area contributed by atoms with Crippen LogP contribution < -0.4 is 5.73 Å². The molecular formula is C6H11N3OS2. The molecule has 1 heterocycles. The molecule has 0 bridgehead atoms. The Kier molecular flexibility index (Phi) is 3.42. The molecule has 12 heavy (non-hydrogen) atoms. The van der Waals surface area contributed by atoms with Crippen LogP contribution in [0.1, 0.15) is 30.0 Å². The predicted molar refractivity (Wildman–Crippen MR) is 52.5 cm³/mol. The van der Waals surface area contributed by atoms with Crippen LogP contribution in [0, 0.1) is 0 Å². The highest BCUT2D eigenvalue weighted by atomic mass is 32.1. The molecule has 2 atom stereocenters. The first-order valence-electron chi connectivity index (χ1n) is 3.53. The van der Waals surface area contributed by atoms with E-state index in [-0.39, 0.29) is 11.3 Å². The third-order valence-electron chi connectivity index (χ3n) is 1.33. The molecule has 1 unspecified atom stereocenters. The van der Waals surface area contributed by atoms with Gasteiger partial charge < -0.3 is 10.2 Å². The number of thiol groups is 2. The van der Waals surface area contributed by atoms with Crippen molar-refractivity contribution in [2.24, 2.45) is 5.73 Å². The fourth-order valence-corrected chi connectivity index (χ4v) is 0.904. The van der Waals surface area contributed by atoms with Crippen molar-refractivity contribution < 1.29 is 4.42 Å². The molecular weight excluding hydrogens is 194 g/mol. The topological polar surface area (TPSA) is 64.9 Å². The fraction of sp³-hybridized carbons (Fsp3) is 0.667. The number of hydrogen-bond acceptors (Lipinski definition) is 6. The largest absolute Gasteiger partial charge is 0.422 e. The molecule has 0 spiro atoms. The summed E-state index contributed by atoms with van der Waals surface area (Å²) < 4.78 is 5.23. The van der Waals surface area contributed by atoms with Gasteiger partial charge in [-0.15, -0.1) is 10.2 Å². The molecule has 0 fully saturated rings. The van der Waals surface area contributed by atoms with Gasteiger partial charge >= 0.3 is 0 Å². The van der Waals surface area contributed by atoms with Crippen LogP contribution in [-0.2, 0) is 0 Å². The normalized spacial score (nSPS) is 16.0. The van der Waals surface area contributed by atoms with Crippen LogP contribution >= 0.6 is 25.3 Å². The Bertz CT molecular complexity index is 251. The summed E-state index contributed by atoms with van der Waals surface area (Å²) in [6.45, 7) is 1.85. The summed E-state index contributed by atoms with van der Waals surface area (Å²) in [5, 5.41) is 7.49. The van der Waals surface area contributed by atoms with Gasteiger partial charge in [0.2, 0.25) is 11.8 Å². The number of aromatic nitrogens is 2. The molecule has 0 aromatic carbocycles. The van der Waals surface area contributed by atoms with Crippen LogP contribution in [0.2, 0.25) is 0 Å². The van der Waals surface area contributed by atoms with Crippen LogP contribution in [-0.4, -0.2) is 16.0 Å². The lowest BCUT2D eigenvalue weighted by molar-refractivity contribution is 0.431. The van der Waals surface area contributed by atoms with E-state index in [2.05, 4.69) is 35.5 Å². The molecule has 4 nitrogen and oxygen atoms in total. The highest BCUT2D eigenvalue weighted by molar-refractivity contribution is 7.80. The Labute approximate surface area is 81.7 Å². The van der Waals surface area contributed by atoms with Gasteiger partial charge in [-0.25, -0.2) is 0 Å². The first-order chi connectivity index (χ1) is 5.65. The second kappa shape index (κ2) is 4.15. The van der Waals surface area contributed by atoms with E-state index in [0.29, 0.717) is 17.5 Å². The maximum absolute atomic E-state index is 5.61. The van der Waals surface area contributed by atoms with E-state index in [4.69, 9.17) is 10.2 Å². The average Bonchev–Trinajstić information content (AvgIpc) is 2.51. The standard InChI is InChI=1S/C6H11N3OS2/c1-3(12)5-8-9-6(10-5)4(7)2-11/h3-4,11-12H,2,7H2,1H3/t3?,4-/m0/s1. The second-order valence-electron chi connectivity index (χ2n) is 2.44. The van der Waals surface area contributed by atoms with Crippen molar-refractivity contribution in [2.75, 3.05) is 5.75 Å². The molecule has 0 amide bonds. The first kappa shape index (κ1) is 9.88. The zero-order valence-electron chi connectivity index (χ0n) is 6.64. The summed E-state index contributed by atoms with van der Waals surface area (Å²) in [5.74, 6) is 1.40. The van der Waals surface area contributed by atoms with E-state index in [1.54, 1.807) is 0 Å². The van der Waals surface area contributed by atoms with Crippen LogP contribution in [0.3, 0.4) is 0 Å². The van der Waals surface area contributed by atoms with Crippen LogP contribution in [0.25, 0.3) is 0 Å². The highest BCUT2D eigenvalue weighted by Crippen LogP contribution is 2.19. The van der Waals surface area contributed by atoms with E-state index in [1.807, 2.05) is 6.92 Å². The van der Waals surface area contributed by atoms with Crippen molar-refractivity contribution in [3.63, 3.8) is 0 Å². The number of nitrogens with two attached hydrogens (primary N) is 1. The molecule has 68 valence electrons. The Morgan fingerprint density at radius 1 is 1.50 bits per heavy atom. The van der Waals surface area contributed by atoms with E-state index in [1.165, 1.54) is 0 Å². The molecule has 1 aromatic rings. The summed E-state index contributed by atoms with van der Waals surface area (Å²) in [6.07, 6.45) is 0. The summed E-state index contributed by atoms with van der Waals surface area (Å²) in [5.41, 5.74) is 5.61. The van der Waals surface area contributed by atoms with Crippen molar-refractivity contribution in [2.45, 2.75) is 18.2 Å². The van der Waals surface area contributed by atoms with Crippen molar-refractivity contribution in [3.8, 4) is 0 Å². The molecule has 0 radical (unpaired) electrons. The van der Waals surface area contributed by atoms with Gasteiger partial charge in [0, 0.05) is 5.75 Å². The zero-order chi connectivity index (χ0) is 9.14. The number of nitrogens with zero attached hydrogens (tertiary/aromatic N) is 2. The predicted octanol–water partition coefficient (Wildman–Crippen LogP) is 0.990. The smallest absolute Gasteiger partial charge is 0.234 e. The maximum Gasteiger partial charge on any atom is 0.234 e. The van der Waals surface area contributed by atoms with E-state index < -0.39 is 0 Å². The van der Waals surface area contributed by atoms with Crippen LogP contribution in [0.5, 0.6) is 0 Å². The Morgan fingerprint density at radius 3 is 2.50 bits per heavy atom. The Morgan fingerprint density at radius 2 is 2.08 bits per heavy atom. The number of rotatable bonds is 3. The lowest BCUT2D eigenvalue weighted by Gasteiger charge is -2.00. The molecule has 0 aliphatic rings. The minimum atomic E-state index is -0.290. The van der Waals surface area contributed by atoms with Gasteiger partial charge in [-0.2, -0.15) is 25.3 Å². The Balaban J connectivity index is 2.77. The van der Waals surface area contributed by atoms with E-state index >= 15 is 0 Å². The Hall–Kier alpha value is -0.200. The van der Waals surface area contributed by atoms with Gasteiger partial charge in [0.15, 0.2) is 0 Å². The van der Waals surface area contributed by atoms with Gasteiger partial charge in [0.25, 0.3) is 0 Å². The van der Waals surface area contributed by atoms with Crippen molar-refractivity contribution >= 4 is 25.3 Å². The molecule has 1 aromatic heterocycles. The van der Waals surface area contributed by atoms with Crippen LogP contribution in [0.15, 0.2) is 4.42 Å². The minimum Gasteiger partial charge on any atom is -0.422 e. The van der Waals surface area contributed by atoms with E-state index in [9.17, 15) is 0 Å². The molecule has 0 saturated heterocycles. The van der Waals surface area contributed by atoms with Gasteiger partial charge in [-0.3, -0.25) is 0 Å². The molecule has 0 aliphatic heterocycles. The summed E-state index contributed by atoms with van der Waals surface area (Å²) in [7, 11) is 0. The van der Waals surface area contributed by atoms with Crippen molar-refractivity contribution in [1.82, 2.24) is 10.2 Å². The molecule has 2 N–H and O–H groups in total. The minimum absolute atomic E-state index is 0.0571. The highest BCUT2D eigenvalue weighted by Gasteiger charge is 2.14. The summed E-state index contributed by atoms with van der Waals surface area (Å²) >= 11 is 8.16. The number of hydrogen-bond donors (Lipinski definition) is 3. The third-order valence-corrected chi connectivity index (χ3v) is 1.94. The van der Waals surface area contributed by atoms with Gasteiger partial charge in [0.1, 0.15) is 0 Å². The lowest BCUT2D eigenvalue weighted by atomic mass is 10.4. The second-order valence-corrected chi connectivity index (χ2v) is 3.58. The van der Waals surface area contributed by atoms with Gasteiger partial charge in [0.05, 0.1) is 11.3 Å². The van der Waals surface area contributed by atoms with Gasteiger partial charge in [-0.05, 0) is 6.92 Å². The van der Waals surface area contributed by atoms with Gasteiger partial charge in [-0.1, -0.05) is 0 Å². The monoisotopic (exact) mass is 205 g/mol. The maximum atomic E-state index is 5.61. The molecule has 1 rings (SSSR count). The zero-order valence-corrected chi connectivity index (χ0v) is 8.43. The quantitative estimate of drug-likeness (QED) is 0.644. The SMILES string of the molecule is CC(S)c1nnc([C@@H](N)CS)o1. The molecule has 0 aliphatic carbocycles. The van der Waals surface area contributed by atoms with Crippen molar-refractivity contribution in [3.05, 3.63) is 11.8 Å². The first-order valence-corrected chi connectivity index (χ1v) is 4.68. The lowest BCUT2D eigenvalue weighted by Crippen LogP contribution is -2.11. The summed E-state index contributed by atoms with van der Waals surface area (Å²) in [4.78, 5) is 0. The summed E-state index contributed by atoms with van der Waals surface area (Å²) in [6, 6.07) is -0.290. The fourth-order valence-electron chi connectivity index (χ4n) is 0.643. The molecule has 0 saturated carbocycles. The average molecular weight is 205 g/mol. The van der Waals surface area contributed by atoms with Crippen LogP contribution in [0.4, 0.5) is 0 Å². The van der Waals surface area contributed by atoms with Crippen molar-refractivity contribution in [1.29, 1.82) is 0 Å².